The van der Waals surface area contributed by atoms with Crippen LogP contribution in [0.4, 0.5) is 10.1 Å². The van der Waals surface area contributed by atoms with Gasteiger partial charge in [0, 0.05) is 23.3 Å². The SMILES string of the molecule is O=C(C=Cc1ccccc1F)c1ccc(OC(=O)c2cccc([N+](=O)[O-])c2)cc1. The molecule has 0 saturated heterocycles. The fourth-order valence-electron chi connectivity index (χ4n) is 2.47. The van der Waals surface area contributed by atoms with Crippen LogP contribution in [-0.2, 0) is 0 Å². The smallest absolute Gasteiger partial charge is 0.343 e. The monoisotopic (exact) mass is 391 g/mol. The number of carbonyl (C=O) groups excluding carboxylic acids is 2. The molecule has 0 unspecified atom stereocenters. The minimum Gasteiger partial charge on any atom is -0.423 e. The number of benzene rings is 3. The lowest BCUT2D eigenvalue weighted by Crippen LogP contribution is -2.09. The first kappa shape index (κ1) is 19.6. The summed E-state index contributed by atoms with van der Waals surface area (Å²) >= 11 is 0. The van der Waals surface area contributed by atoms with E-state index in [2.05, 4.69) is 0 Å². The van der Waals surface area contributed by atoms with E-state index in [0.29, 0.717) is 11.1 Å². The Hall–Kier alpha value is -4.13. The molecule has 0 saturated carbocycles. The molecule has 29 heavy (non-hydrogen) atoms. The molecule has 3 aromatic carbocycles. The molecule has 3 aromatic rings. The lowest BCUT2D eigenvalue weighted by Gasteiger charge is -2.05. The van der Waals surface area contributed by atoms with Gasteiger partial charge in [0.1, 0.15) is 11.6 Å². The number of ether oxygens (including phenoxy) is 1. The van der Waals surface area contributed by atoms with E-state index in [4.69, 9.17) is 4.74 Å². The Bertz CT molecular complexity index is 1110. The number of hydrogen-bond acceptors (Lipinski definition) is 5. The molecule has 0 fully saturated rings. The van der Waals surface area contributed by atoms with Gasteiger partial charge in [0.15, 0.2) is 5.78 Å². The molecule has 6 nitrogen and oxygen atoms in total. The number of carbonyl (C=O) groups is 2. The summed E-state index contributed by atoms with van der Waals surface area (Å²) in [5.74, 6) is -1.35. The third kappa shape index (κ3) is 4.98. The molecule has 7 heteroatoms. The van der Waals surface area contributed by atoms with Crippen molar-refractivity contribution < 1.29 is 23.6 Å². The summed E-state index contributed by atoms with van der Waals surface area (Å²) in [7, 11) is 0. The molecule has 3 rings (SSSR count). The van der Waals surface area contributed by atoms with Gasteiger partial charge in [-0.1, -0.05) is 24.3 Å². The van der Waals surface area contributed by atoms with Gasteiger partial charge in [0.25, 0.3) is 5.69 Å². The Kier molecular flexibility index (Phi) is 5.89. The number of nitro benzene ring substituents is 1. The van der Waals surface area contributed by atoms with Gasteiger partial charge in [-0.3, -0.25) is 14.9 Å². The molecule has 144 valence electrons. The number of rotatable bonds is 6. The predicted molar refractivity (Wildman–Crippen MR) is 104 cm³/mol. The first-order valence-corrected chi connectivity index (χ1v) is 8.48. The average Bonchev–Trinajstić information content (AvgIpc) is 2.73. The topological polar surface area (TPSA) is 86.5 Å². The number of nitro groups is 1. The Labute approximate surface area is 165 Å². The molecular formula is C22H14FNO5. The largest absolute Gasteiger partial charge is 0.423 e. The normalized spacial score (nSPS) is 10.7. The Balaban J connectivity index is 1.67. The van der Waals surface area contributed by atoms with Crippen LogP contribution in [0, 0.1) is 15.9 Å². The Morgan fingerprint density at radius 1 is 0.931 bits per heavy atom. The highest BCUT2D eigenvalue weighted by Gasteiger charge is 2.13. The molecule has 0 aliphatic heterocycles. The summed E-state index contributed by atoms with van der Waals surface area (Å²) in [5, 5.41) is 10.8. The molecular weight excluding hydrogens is 377 g/mol. The van der Waals surface area contributed by atoms with Crippen LogP contribution in [0.25, 0.3) is 6.08 Å². The van der Waals surface area contributed by atoms with Gasteiger partial charge in [-0.25, -0.2) is 9.18 Å². The van der Waals surface area contributed by atoms with Crippen LogP contribution in [0.1, 0.15) is 26.3 Å². The number of nitrogens with zero attached hydrogens (tertiary/aromatic N) is 1. The van der Waals surface area contributed by atoms with Crippen molar-refractivity contribution in [3.05, 3.63) is 111 Å². The molecule has 0 heterocycles. The third-order valence-electron chi connectivity index (χ3n) is 3.96. The lowest BCUT2D eigenvalue weighted by atomic mass is 10.1. The quantitative estimate of drug-likeness (QED) is 0.150. The molecule has 0 bridgehead atoms. The summed E-state index contributed by atoms with van der Waals surface area (Å²) in [4.78, 5) is 34.5. The maximum atomic E-state index is 13.6. The summed E-state index contributed by atoms with van der Waals surface area (Å²) in [6.45, 7) is 0. The van der Waals surface area contributed by atoms with Crippen LogP contribution in [0.2, 0.25) is 0 Å². The van der Waals surface area contributed by atoms with Crippen molar-refractivity contribution in [2.24, 2.45) is 0 Å². The number of halogens is 1. The Morgan fingerprint density at radius 2 is 1.66 bits per heavy atom. The van der Waals surface area contributed by atoms with Gasteiger partial charge < -0.3 is 4.74 Å². The average molecular weight is 391 g/mol. The standard InChI is InChI=1S/C22H14FNO5/c23-20-7-2-1-4-15(20)10-13-21(25)16-8-11-19(12-9-16)29-22(26)17-5-3-6-18(14-17)24(27)28/h1-14H. The van der Waals surface area contributed by atoms with Crippen molar-refractivity contribution in [1.82, 2.24) is 0 Å². The second-order valence-corrected chi connectivity index (χ2v) is 5.94. The molecule has 0 amide bonds. The molecule has 0 aliphatic carbocycles. The van der Waals surface area contributed by atoms with E-state index in [1.54, 1.807) is 18.2 Å². The van der Waals surface area contributed by atoms with Crippen LogP contribution < -0.4 is 4.74 Å². The number of non-ortho nitro benzene ring substituents is 1. The zero-order valence-electron chi connectivity index (χ0n) is 14.9. The first-order chi connectivity index (χ1) is 13.9. The fraction of sp³-hybridized carbons (Fsp3) is 0. The van der Waals surface area contributed by atoms with Gasteiger partial charge in [-0.05, 0) is 48.6 Å². The van der Waals surface area contributed by atoms with Gasteiger partial charge in [0.05, 0.1) is 10.5 Å². The van der Waals surface area contributed by atoms with E-state index in [9.17, 15) is 24.1 Å². The minimum atomic E-state index is -0.757. The van der Waals surface area contributed by atoms with E-state index in [0.717, 1.165) is 6.07 Å². The van der Waals surface area contributed by atoms with Crippen LogP contribution >= 0.6 is 0 Å². The second-order valence-electron chi connectivity index (χ2n) is 5.94. The summed E-state index contributed by atoms with van der Waals surface area (Å²) in [6, 6.07) is 17.0. The highest BCUT2D eigenvalue weighted by molar-refractivity contribution is 6.06. The van der Waals surface area contributed by atoms with Crippen molar-refractivity contribution in [3.8, 4) is 5.75 Å². The number of hydrogen-bond donors (Lipinski definition) is 0. The van der Waals surface area contributed by atoms with E-state index < -0.39 is 16.7 Å². The molecule has 0 spiro atoms. The van der Waals surface area contributed by atoms with Crippen molar-refractivity contribution in [1.29, 1.82) is 0 Å². The third-order valence-corrected chi connectivity index (χ3v) is 3.96. The highest BCUT2D eigenvalue weighted by atomic mass is 19.1. The highest BCUT2D eigenvalue weighted by Crippen LogP contribution is 2.18. The molecule has 0 aliphatic rings. The maximum absolute atomic E-state index is 13.6. The van der Waals surface area contributed by atoms with Gasteiger partial charge in [-0.2, -0.15) is 0 Å². The number of allylic oxidation sites excluding steroid dienone is 1. The van der Waals surface area contributed by atoms with Crippen LogP contribution in [0.15, 0.2) is 78.9 Å². The summed E-state index contributed by atoms with van der Waals surface area (Å²) < 4.78 is 18.8. The molecule has 0 atom stereocenters. The van der Waals surface area contributed by atoms with Gasteiger partial charge in [0.2, 0.25) is 0 Å². The van der Waals surface area contributed by atoms with E-state index in [1.165, 1.54) is 60.7 Å². The van der Waals surface area contributed by atoms with Crippen molar-refractivity contribution >= 4 is 23.5 Å². The lowest BCUT2D eigenvalue weighted by molar-refractivity contribution is -0.384. The molecule has 0 aromatic heterocycles. The fourth-order valence-corrected chi connectivity index (χ4v) is 2.47. The number of ketones is 1. The molecule has 0 N–H and O–H groups in total. The van der Waals surface area contributed by atoms with Gasteiger partial charge in [-0.15, -0.1) is 0 Å². The summed E-state index contributed by atoms with van der Waals surface area (Å²) in [5.41, 5.74) is 0.435. The first-order valence-electron chi connectivity index (χ1n) is 8.48. The predicted octanol–water partition coefficient (Wildman–Crippen LogP) is 4.85. The number of esters is 1. The van der Waals surface area contributed by atoms with Crippen molar-refractivity contribution in [2.45, 2.75) is 0 Å². The zero-order valence-corrected chi connectivity index (χ0v) is 14.9. The minimum absolute atomic E-state index is 0.0344. The van der Waals surface area contributed by atoms with Crippen molar-refractivity contribution in [3.63, 3.8) is 0 Å². The van der Waals surface area contributed by atoms with E-state index in [-0.39, 0.29) is 22.8 Å². The van der Waals surface area contributed by atoms with Gasteiger partial charge >= 0.3 is 5.97 Å². The zero-order chi connectivity index (χ0) is 20.8. The van der Waals surface area contributed by atoms with Crippen LogP contribution in [-0.4, -0.2) is 16.7 Å². The molecule has 0 radical (unpaired) electrons. The van der Waals surface area contributed by atoms with Crippen molar-refractivity contribution in [2.75, 3.05) is 0 Å². The van der Waals surface area contributed by atoms with E-state index >= 15 is 0 Å². The van der Waals surface area contributed by atoms with Crippen LogP contribution in [0.5, 0.6) is 5.75 Å². The second kappa shape index (κ2) is 8.71. The maximum Gasteiger partial charge on any atom is 0.343 e. The summed E-state index contributed by atoms with van der Waals surface area (Å²) in [6.07, 6.45) is 2.64. The van der Waals surface area contributed by atoms with Crippen LogP contribution in [0.3, 0.4) is 0 Å². The Morgan fingerprint density at radius 3 is 2.34 bits per heavy atom. The van der Waals surface area contributed by atoms with E-state index in [1.807, 2.05) is 0 Å².